The minimum atomic E-state index is -0.310. The average Bonchev–Trinajstić information content (AvgIpc) is 3.17. The Labute approximate surface area is 162 Å². The Kier molecular flexibility index (Phi) is 6.13. The largest absolute Gasteiger partial charge is 0.497 e. The van der Waals surface area contributed by atoms with Crippen molar-refractivity contribution in [3.63, 3.8) is 0 Å². The molecule has 0 spiro atoms. The van der Waals surface area contributed by atoms with Crippen molar-refractivity contribution in [3.05, 3.63) is 60.2 Å². The molecule has 2 unspecified atom stereocenters. The van der Waals surface area contributed by atoms with E-state index in [2.05, 4.69) is 20.5 Å². The average molecular weight is 382 g/mol. The van der Waals surface area contributed by atoms with Gasteiger partial charge < -0.3 is 10.1 Å². The smallest absolute Gasteiger partial charge is 0.233 e. The number of carbonyl (C=O) groups excluding carboxylic acids is 1. The minimum Gasteiger partial charge on any atom is -0.497 e. The van der Waals surface area contributed by atoms with Gasteiger partial charge in [-0.3, -0.25) is 9.89 Å². The molecule has 7 heteroatoms. The summed E-state index contributed by atoms with van der Waals surface area (Å²) in [6.07, 6.45) is 0. The Balaban J connectivity index is 1.59. The van der Waals surface area contributed by atoms with Crippen LogP contribution in [0.1, 0.15) is 25.5 Å². The zero-order valence-electron chi connectivity index (χ0n) is 15.5. The third-order valence-corrected chi connectivity index (χ3v) is 5.10. The molecule has 0 saturated heterocycles. The molecule has 27 heavy (non-hydrogen) atoms. The van der Waals surface area contributed by atoms with Crippen molar-refractivity contribution in [2.45, 2.75) is 30.3 Å². The Bertz CT molecular complexity index is 881. The molecule has 0 aliphatic heterocycles. The van der Waals surface area contributed by atoms with Crippen LogP contribution >= 0.6 is 11.8 Å². The van der Waals surface area contributed by atoms with Crippen molar-refractivity contribution in [1.29, 1.82) is 0 Å². The molecule has 0 fully saturated rings. The highest BCUT2D eigenvalue weighted by Crippen LogP contribution is 2.24. The van der Waals surface area contributed by atoms with Crippen LogP contribution in [0.15, 0.2) is 59.8 Å². The highest BCUT2D eigenvalue weighted by atomic mass is 32.2. The summed E-state index contributed by atoms with van der Waals surface area (Å²) in [5, 5.41) is 10.4. The monoisotopic (exact) mass is 382 g/mol. The van der Waals surface area contributed by atoms with Gasteiger partial charge in [0.1, 0.15) is 5.75 Å². The molecule has 2 N–H and O–H groups in total. The molecule has 140 valence electrons. The van der Waals surface area contributed by atoms with E-state index in [0.29, 0.717) is 11.0 Å². The molecule has 0 bridgehead atoms. The third kappa shape index (κ3) is 4.89. The quantitative estimate of drug-likeness (QED) is 0.607. The predicted octanol–water partition coefficient (Wildman–Crippen LogP) is 3.84. The molecule has 1 amide bonds. The standard InChI is InChI=1S/C20H22N4O2S/c1-13(15-7-5-4-6-8-15)21-19(25)14(2)27-20-22-18(23-24-20)16-9-11-17(26-3)12-10-16/h4-14H,1-3H3,(H,21,25)(H,22,23,24). The number of nitrogens with zero attached hydrogens (tertiary/aromatic N) is 2. The van der Waals surface area contributed by atoms with E-state index in [0.717, 1.165) is 16.9 Å². The number of benzene rings is 2. The van der Waals surface area contributed by atoms with Gasteiger partial charge in [0.25, 0.3) is 0 Å². The van der Waals surface area contributed by atoms with Gasteiger partial charge in [-0.1, -0.05) is 42.1 Å². The van der Waals surface area contributed by atoms with Gasteiger partial charge in [0.15, 0.2) is 5.82 Å². The number of aromatic nitrogens is 3. The van der Waals surface area contributed by atoms with Crippen LogP contribution in [0.4, 0.5) is 0 Å². The molecule has 0 saturated carbocycles. The van der Waals surface area contributed by atoms with Crippen molar-refractivity contribution in [2.75, 3.05) is 7.11 Å². The number of ether oxygens (including phenoxy) is 1. The summed E-state index contributed by atoms with van der Waals surface area (Å²) < 4.78 is 5.16. The molecular formula is C20H22N4O2S. The van der Waals surface area contributed by atoms with Gasteiger partial charge >= 0.3 is 0 Å². The van der Waals surface area contributed by atoms with Crippen molar-refractivity contribution < 1.29 is 9.53 Å². The molecule has 2 atom stereocenters. The zero-order valence-corrected chi connectivity index (χ0v) is 16.3. The van der Waals surface area contributed by atoms with Crippen molar-refractivity contribution in [3.8, 4) is 17.1 Å². The lowest BCUT2D eigenvalue weighted by Crippen LogP contribution is -2.33. The van der Waals surface area contributed by atoms with Gasteiger partial charge in [0.2, 0.25) is 11.1 Å². The lowest BCUT2D eigenvalue weighted by atomic mass is 10.1. The SMILES string of the molecule is COc1ccc(-c2nc(SC(C)C(=O)NC(C)c3ccccc3)n[nH]2)cc1. The van der Waals surface area contributed by atoms with E-state index < -0.39 is 0 Å². The zero-order chi connectivity index (χ0) is 19.2. The molecule has 0 aliphatic rings. The van der Waals surface area contributed by atoms with Gasteiger partial charge in [-0.05, 0) is 43.7 Å². The summed E-state index contributed by atoms with van der Waals surface area (Å²) in [5.41, 5.74) is 1.98. The summed E-state index contributed by atoms with van der Waals surface area (Å²) in [6, 6.07) is 17.4. The van der Waals surface area contributed by atoms with Crippen LogP contribution in [0.5, 0.6) is 5.75 Å². The summed E-state index contributed by atoms with van der Waals surface area (Å²) in [6.45, 7) is 3.82. The van der Waals surface area contributed by atoms with E-state index in [1.165, 1.54) is 11.8 Å². The van der Waals surface area contributed by atoms with E-state index in [9.17, 15) is 4.79 Å². The van der Waals surface area contributed by atoms with Crippen LogP contribution in [-0.4, -0.2) is 33.4 Å². The molecule has 1 aromatic heterocycles. The molecule has 0 aliphatic carbocycles. The van der Waals surface area contributed by atoms with Crippen molar-refractivity contribution >= 4 is 17.7 Å². The Hall–Kier alpha value is -2.80. The molecule has 6 nitrogen and oxygen atoms in total. The van der Waals surface area contributed by atoms with E-state index in [1.807, 2.05) is 68.4 Å². The Morgan fingerprint density at radius 2 is 1.81 bits per heavy atom. The van der Waals surface area contributed by atoms with Gasteiger partial charge in [0.05, 0.1) is 18.4 Å². The lowest BCUT2D eigenvalue weighted by Gasteiger charge is -2.16. The second kappa shape index (κ2) is 8.73. The number of nitrogens with one attached hydrogen (secondary N) is 2. The Morgan fingerprint density at radius 1 is 1.11 bits per heavy atom. The number of rotatable bonds is 7. The highest BCUT2D eigenvalue weighted by molar-refractivity contribution is 8.00. The van der Waals surface area contributed by atoms with Crippen LogP contribution in [0.3, 0.4) is 0 Å². The normalized spacial score (nSPS) is 13.0. The highest BCUT2D eigenvalue weighted by Gasteiger charge is 2.19. The summed E-state index contributed by atoms with van der Waals surface area (Å²) >= 11 is 1.32. The minimum absolute atomic E-state index is 0.0489. The van der Waals surface area contributed by atoms with Gasteiger partial charge in [-0.15, -0.1) is 5.10 Å². The van der Waals surface area contributed by atoms with Crippen molar-refractivity contribution in [1.82, 2.24) is 20.5 Å². The van der Waals surface area contributed by atoms with Crippen LogP contribution in [-0.2, 0) is 4.79 Å². The maximum absolute atomic E-state index is 12.5. The molecular weight excluding hydrogens is 360 g/mol. The first-order chi connectivity index (χ1) is 13.1. The molecule has 2 aromatic carbocycles. The van der Waals surface area contributed by atoms with Crippen LogP contribution < -0.4 is 10.1 Å². The fourth-order valence-electron chi connectivity index (χ4n) is 2.54. The predicted molar refractivity (Wildman–Crippen MR) is 107 cm³/mol. The van der Waals surface area contributed by atoms with Gasteiger partial charge in [0, 0.05) is 5.56 Å². The van der Waals surface area contributed by atoms with E-state index in [4.69, 9.17) is 4.74 Å². The fraction of sp³-hybridized carbons (Fsp3) is 0.250. The lowest BCUT2D eigenvalue weighted by molar-refractivity contribution is -0.120. The second-order valence-electron chi connectivity index (χ2n) is 6.10. The van der Waals surface area contributed by atoms with Gasteiger partial charge in [-0.25, -0.2) is 4.98 Å². The number of amides is 1. The fourth-order valence-corrected chi connectivity index (χ4v) is 3.28. The number of hydrogen-bond acceptors (Lipinski definition) is 5. The number of methoxy groups -OCH3 is 1. The topological polar surface area (TPSA) is 79.9 Å². The first-order valence-corrected chi connectivity index (χ1v) is 9.53. The van der Waals surface area contributed by atoms with Crippen LogP contribution in [0.2, 0.25) is 0 Å². The Morgan fingerprint density at radius 3 is 2.48 bits per heavy atom. The maximum atomic E-state index is 12.5. The molecule has 3 aromatic rings. The molecule has 0 radical (unpaired) electrons. The van der Waals surface area contributed by atoms with Crippen LogP contribution in [0.25, 0.3) is 11.4 Å². The first kappa shape index (κ1) is 19.0. The van der Waals surface area contributed by atoms with Crippen molar-refractivity contribution in [2.24, 2.45) is 0 Å². The van der Waals surface area contributed by atoms with Gasteiger partial charge in [-0.2, -0.15) is 0 Å². The second-order valence-corrected chi connectivity index (χ2v) is 7.40. The number of thioether (sulfide) groups is 1. The summed E-state index contributed by atoms with van der Waals surface area (Å²) in [4.78, 5) is 16.9. The molecule has 3 rings (SSSR count). The van der Waals surface area contributed by atoms with E-state index >= 15 is 0 Å². The molecule has 1 heterocycles. The summed E-state index contributed by atoms with van der Waals surface area (Å²) in [5.74, 6) is 1.39. The third-order valence-electron chi connectivity index (χ3n) is 4.14. The number of hydrogen-bond donors (Lipinski definition) is 2. The maximum Gasteiger partial charge on any atom is 0.233 e. The van der Waals surface area contributed by atoms with E-state index in [1.54, 1.807) is 7.11 Å². The first-order valence-electron chi connectivity index (χ1n) is 8.65. The summed E-state index contributed by atoms with van der Waals surface area (Å²) in [7, 11) is 1.63. The van der Waals surface area contributed by atoms with Crippen LogP contribution in [0, 0.1) is 0 Å². The van der Waals surface area contributed by atoms with E-state index in [-0.39, 0.29) is 17.2 Å². The number of carbonyl (C=O) groups is 1. The number of aromatic amines is 1. The number of H-pyrrole nitrogens is 1.